The van der Waals surface area contributed by atoms with E-state index in [9.17, 15) is 8.42 Å². The average Bonchev–Trinajstić information content (AvgIpc) is 3.07. The van der Waals surface area contributed by atoms with Crippen molar-refractivity contribution in [2.45, 2.75) is 24.8 Å². The van der Waals surface area contributed by atoms with Crippen LogP contribution in [0.1, 0.15) is 25.7 Å². The highest BCUT2D eigenvalue weighted by atomic mass is 32.2. The molecule has 0 aliphatic rings. The number of hydrogen-bond donors (Lipinski definition) is 2. The molecule has 0 fully saturated rings. The van der Waals surface area contributed by atoms with Crippen molar-refractivity contribution in [3.8, 4) is 0 Å². The molecule has 0 amide bonds. The van der Waals surface area contributed by atoms with Crippen LogP contribution in [0.5, 0.6) is 0 Å². The Bertz CT molecular complexity index is 866. The lowest BCUT2D eigenvalue weighted by atomic mass is 10.2. The zero-order chi connectivity index (χ0) is 15.0. The van der Waals surface area contributed by atoms with Gasteiger partial charge in [0.1, 0.15) is 5.52 Å². The van der Waals surface area contributed by atoms with Crippen molar-refractivity contribution in [1.29, 1.82) is 0 Å². The molecule has 0 aliphatic carbocycles. The third kappa shape index (κ3) is 2.62. The molecular weight excluding hydrogens is 292 g/mol. The van der Waals surface area contributed by atoms with Crippen molar-refractivity contribution in [1.82, 2.24) is 15.2 Å². The van der Waals surface area contributed by atoms with Gasteiger partial charge in [-0.2, -0.15) is 13.5 Å². The number of nitrogens with zero attached hydrogens (tertiary/aromatic N) is 2. The molecule has 0 atom stereocenters. The monoisotopic (exact) mass is 306 g/mol. The normalized spacial score (nSPS) is 12.1. The Labute approximate surface area is 121 Å². The second kappa shape index (κ2) is 4.88. The van der Waals surface area contributed by atoms with Gasteiger partial charge >= 0.3 is 0 Å². The van der Waals surface area contributed by atoms with Gasteiger partial charge < -0.3 is 4.42 Å². The number of rotatable bonds is 4. The van der Waals surface area contributed by atoms with Gasteiger partial charge in [0.05, 0.1) is 11.9 Å². The highest BCUT2D eigenvalue weighted by Crippen LogP contribution is 2.24. The van der Waals surface area contributed by atoms with Crippen LogP contribution in [0.3, 0.4) is 0 Å². The summed E-state index contributed by atoms with van der Waals surface area (Å²) in [6.07, 6.45) is 1.38. The fourth-order valence-corrected chi connectivity index (χ4v) is 2.82. The summed E-state index contributed by atoms with van der Waals surface area (Å²) >= 11 is 0. The molecule has 0 saturated carbocycles. The second-order valence-corrected chi connectivity index (χ2v) is 6.57. The number of nitrogens with one attached hydrogen (secondary N) is 2. The molecule has 2 aromatic heterocycles. The van der Waals surface area contributed by atoms with Gasteiger partial charge in [-0.05, 0) is 24.3 Å². The van der Waals surface area contributed by atoms with E-state index in [2.05, 4.69) is 19.9 Å². The summed E-state index contributed by atoms with van der Waals surface area (Å²) < 4.78 is 32.2. The van der Waals surface area contributed by atoms with Crippen molar-refractivity contribution >= 4 is 26.8 Å². The van der Waals surface area contributed by atoms with Crippen LogP contribution < -0.4 is 4.72 Å². The van der Waals surface area contributed by atoms with Gasteiger partial charge in [0.2, 0.25) is 0 Å². The van der Waals surface area contributed by atoms with E-state index in [-0.39, 0.29) is 10.9 Å². The number of anilines is 1. The molecule has 2 heterocycles. The van der Waals surface area contributed by atoms with E-state index in [4.69, 9.17) is 4.42 Å². The van der Waals surface area contributed by atoms with Gasteiger partial charge in [0.15, 0.2) is 16.5 Å². The summed E-state index contributed by atoms with van der Waals surface area (Å²) in [6.45, 7) is 3.96. The van der Waals surface area contributed by atoms with Crippen molar-refractivity contribution in [2.75, 3.05) is 4.72 Å². The summed E-state index contributed by atoms with van der Waals surface area (Å²) in [7, 11) is -3.67. The van der Waals surface area contributed by atoms with Crippen molar-refractivity contribution in [2.24, 2.45) is 0 Å². The number of aromatic nitrogens is 3. The third-order valence-electron chi connectivity index (χ3n) is 2.91. The van der Waals surface area contributed by atoms with Gasteiger partial charge in [0.25, 0.3) is 10.0 Å². The standard InChI is InChI=1S/C13H14N4O3S/c1-8(2)13-15-10-7-9(3-4-11(10)20-13)17-21(18,19)12-5-6-14-16-12/h3-8,17H,1-2H3,(H,14,16). The molecule has 21 heavy (non-hydrogen) atoms. The molecule has 0 saturated heterocycles. The van der Waals surface area contributed by atoms with Gasteiger partial charge in [-0.25, -0.2) is 4.98 Å². The Morgan fingerprint density at radius 1 is 1.29 bits per heavy atom. The molecule has 3 aromatic rings. The van der Waals surface area contributed by atoms with E-state index in [0.717, 1.165) is 0 Å². The van der Waals surface area contributed by atoms with Crippen molar-refractivity contribution in [3.63, 3.8) is 0 Å². The van der Waals surface area contributed by atoms with Crippen LogP contribution >= 0.6 is 0 Å². The Morgan fingerprint density at radius 2 is 2.10 bits per heavy atom. The van der Waals surface area contributed by atoms with Crippen LogP contribution in [0, 0.1) is 0 Å². The predicted octanol–water partition coefficient (Wildman–Crippen LogP) is 2.48. The number of benzene rings is 1. The Balaban J connectivity index is 1.95. The number of H-pyrrole nitrogens is 1. The highest BCUT2D eigenvalue weighted by Gasteiger charge is 2.16. The van der Waals surface area contributed by atoms with Crippen LogP contribution in [-0.2, 0) is 10.0 Å². The summed E-state index contributed by atoms with van der Waals surface area (Å²) in [5, 5.41) is 6.06. The molecule has 3 rings (SSSR count). The Hall–Kier alpha value is -2.35. The summed E-state index contributed by atoms with van der Waals surface area (Å²) in [4.78, 5) is 4.34. The van der Waals surface area contributed by atoms with Crippen LogP contribution in [-0.4, -0.2) is 23.6 Å². The Morgan fingerprint density at radius 3 is 2.76 bits per heavy atom. The lowest BCUT2D eigenvalue weighted by Gasteiger charge is -2.05. The van der Waals surface area contributed by atoms with Crippen LogP contribution in [0.2, 0.25) is 0 Å². The number of fused-ring (bicyclic) bond motifs is 1. The average molecular weight is 306 g/mol. The molecule has 7 nitrogen and oxygen atoms in total. The first-order valence-corrected chi connectivity index (χ1v) is 7.87. The fourth-order valence-electron chi connectivity index (χ4n) is 1.86. The minimum Gasteiger partial charge on any atom is -0.440 e. The SMILES string of the molecule is CC(C)c1nc2cc(NS(=O)(=O)c3ccn[nH]3)ccc2o1. The Kier molecular flexibility index (Phi) is 3.17. The molecular formula is C13H14N4O3S. The molecule has 0 unspecified atom stereocenters. The molecule has 2 N–H and O–H groups in total. The summed E-state index contributed by atoms with van der Waals surface area (Å²) in [5.74, 6) is 0.793. The highest BCUT2D eigenvalue weighted by molar-refractivity contribution is 7.92. The van der Waals surface area contributed by atoms with E-state index >= 15 is 0 Å². The fraction of sp³-hybridized carbons (Fsp3) is 0.231. The number of sulfonamides is 1. The number of hydrogen-bond acceptors (Lipinski definition) is 5. The minimum absolute atomic E-state index is 0.00520. The van der Waals surface area contributed by atoms with Crippen LogP contribution in [0.4, 0.5) is 5.69 Å². The van der Waals surface area contributed by atoms with E-state index in [1.807, 2.05) is 13.8 Å². The quantitative estimate of drug-likeness (QED) is 0.771. The minimum atomic E-state index is -3.67. The second-order valence-electron chi connectivity index (χ2n) is 4.92. The zero-order valence-corrected chi connectivity index (χ0v) is 12.3. The molecule has 8 heteroatoms. The predicted molar refractivity (Wildman–Crippen MR) is 77.5 cm³/mol. The third-order valence-corrected chi connectivity index (χ3v) is 4.23. The maximum Gasteiger partial charge on any atom is 0.278 e. The van der Waals surface area contributed by atoms with E-state index in [0.29, 0.717) is 22.7 Å². The van der Waals surface area contributed by atoms with Crippen LogP contribution in [0.15, 0.2) is 39.9 Å². The topological polar surface area (TPSA) is 101 Å². The van der Waals surface area contributed by atoms with E-state index < -0.39 is 10.0 Å². The molecule has 0 bridgehead atoms. The smallest absolute Gasteiger partial charge is 0.278 e. The first kappa shape index (κ1) is 13.6. The lowest BCUT2D eigenvalue weighted by molar-refractivity contribution is 0.501. The van der Waals surface area contributed by atoms with Crippen molar-refractivity contribution < 1.29 is 12.8 Å². The summed E-state index contributed by atoms with van der Waals surface area (Å²) in [6, 6.07) is 6.34. The zero-order valence-electron chi connectivity index (χ0n) is 11.5. The summed E-state index contributed by atoms with van der Waals surface area (Å²) in [5.41, 5.74) is 1.66. The number of aromatic amines is 1. The van der Waals surface area contributed by atoms with E-state index in [1.54, 1.807) is 18.2 Å². The van der Waals surface area contributed by atoms with Gasteiger partial charge in [0, 0.05) is 5.92 Å². The lowest BCUT2D eigenvalue weighted by Crippen LogP contribution is -2.13. The van der Waals surface area contributed by atoms with Gasteiger partial charge in [-0.1, -0.05) is 13.8 Å². The van der Waals surface area contributed by atoms with Crippen molar-refractivity contribution in [3.05, 3.63) is 36.4 Å². The maximum absolute atomic E-state index is 12.1. The first-order valence-electron chi connectivity index (χ1n) is 6.38. The first-order chi connectivity index (χ1) is 9.95. The molecule has 0 aliphatic heterocycles. The van der Waals surface area contributed by atoms with E-state index in [1.165, 1.54) is 12.3 Å². The molecule has 110 valence electrons. The maximum atomic E-state index is 12.1. The molecule has 0 radical (unpaired) electrons. The molecule has 1 aromatic carbocycles. The van der Waals surface area contributed by atoms with Gasteiger partial charge in [-0.3, -0.25) is 9.82 Å². The largest absolute Gasteiger partial charge is 0.440 e. The van der Waals surface area contributed by atoms with Crippen LogP contribution in [0.25, 0.3) is 11.1 Å². The number of oxazole rings is 1. The van der Waals surface area contributed by atoms with Gasteiger partial charge in [-0.15, -0.1) is 0 Å². The molecule has 0 spiro atoms.